The first-order chi connectivity index (χ1) is 10.1. The molecule has 1 N–H and O–H groups in total. The Balaban J connectivity index is 2.45. The fourth-order valence-corrected chi connectivity index (χ4v) is 3.07. The number of halogens is 4. The number of hydrogen-bond donors (Lipinski definition) is 1. The Bertz CT molecular complexity index is 659. The molecule has 1 unspecified atom stereocenters. The summed E-state index contributed by atoms with van der Waals surface area (Å²) in [5.41, 5.74) is -0.480. The molecule has 5 nitrogen and oxygen atoms in total. The van der Waals surface area contributed by atoms with Gasteiger partial charge in [0, 0.05) is 4.90 Å². The highest BCUT2D eigenvalue weighted by atomic mass is 32.2. The summed E-state index contributed by atoms with van der Waals surface area (Å²) < 4.78 is 62.7. The summed E-state index contributed by atoms with van der Waals surface area (Å²) >= 11 is 0. The predicted molar refractivity (Wildman–Crippen MR) is 69.4 cm³/mol. The third-order valence-electron chi connectivity index (χ3n) is 2.87. The molecule has 1 fully saturated rings. The van der Waals surface area contributed by atoms with Crippen LogP contribution in [-0.2, 0) is 15.6 Å². The first-order valence-corrected chi connectivity index (χ1v) is 7.28. The Kier molecular flexibility index (Phi) is 4.23. The molecule has 0 spiro atoms. The minimum Gasteiger partial charge on any atom is -0.328 e. The Labute approximate surface area is 124 Å². The van der Waals surface area contributed by atoms with Crippen LogP contribution in [0.15, 0.2) is 17.0 Å². The number of nitrogens with one attached hydrogen (secondary N) is 1. The maximum atomic E-state index is 13.9. The number of carbonyl (C=O) groups excluding carboxylic acids is 2. The van der Waals surface area contributed by atoms with Gasteiger partial charge in [0.25, 0.3) is 5.91 Å². The van der Waals surface area contributed by atoms with Crippen molar-refractivity contribution >= 4 is 28.4 Å². The molecule has 0 bridgehead atoms. The summed E-state index contributed by atoms with van der Waals surface area (Å²) in [6.45, 7) is 0.954. The van der Waals surface area contributed by atoms with Crippen LogP contribution >= 0.6 is 0 Å². The Morgan fingerprint density at radius 3 is 2.45 bits per heavy atom. The van der Waals surface area contributed by atoms with E-state index in [9.17, 15) is 31.4 Å². The Morgan fingerprint density at radius 2 is 1.95 bits per heavy atom. The van der Waals surface area contributed by atoms with Gasteiger partial charge < -0.3 is 5.32 Å². The van der Waals surface area contributed by atoms with Crippen LogP contribution in [0.4, 0.5) is 28.0 Å². The summed E-state index contributed by atoms with van der Waals surface area (Å²) in [5.74, 6) is -3.31. The van der Waals surface area contributed by atoms with Crippen LogP contribution in [0.2, 0.25) is 0 Å². The van der Waals surface area contributed by atoms with E-state index in [2.05, 4.69) is 5.32 Å². The van der Waals surface area contributed by atoms with Crippen LogP contribution in [-0.4, -0.2) is 34.6 Å². The molecule has 1 heterocycles. The van der Waals surface area contributed by atoms with Crippen LogP contribution in [0.3, 0.4) is 0 Å². The number of alkyl halides is 3. The predicted octanol–water partition coefficient (Wildman–Crippen LogP) is 1.86. The van der Waals surface area contributed by atoms with Gasteiger partial charge in [-0.3, -0.25) is 9.00 Å². The van der Waals surface area contributed by atoms with Crippen molar-refractivity contribution in [2.24, 2.45) is 0 Å². The molecule has 1 aliphatic heterocycles. The number of rotatable bonds is 3. The molecule has 2 rings (SSSR count). The zero-order chi connectivity index (χ0) is 16.7. The van der Waals surface area contributed by atoms with Crippen molar-refractivity contribution in [1.29, 1.82) is 0 Å². The molecule has 0 aliphatic carbocycles. The summed E-state index contributed by atoms with van der Waals surface area (Å²) in [6, 6.07) is 0.799. The molecular weight excluding hydrogens is 328 g/mol. The number of carbonyl (C=O) groups is 2. The lowest BCUT2D eigenvalue weighted by Gasteiger charge is -2.16. The molecule has 0 radical (unpaired) electrons. The lowest BCUT2D eigenvalue weighted by atomic mass is 10.2. The maximum Gasteiger partial charge on any atom is 0.400 e. The standard InChI is InChI=1S/C12H10F4N2O3S/c1-6-2-7(13)8(18-10(19)4-17-11(18)20)3-9(6)22(21)5-12(14,15)16/h2-3H,4-5H2,1H3,(H,17,20). The van der Waals surface area contributed by atoms with E-state index < -0.39 is 46.2 Å². The summed E-state index contributed by atoms with van der Waals surface area (Å²) in [5, 5.41) is 2.16. The van der Waals surface area contributed by atoms with Gasteiger partial charge in [0.05, 0.1) is 23.0 Å². The molecule has 1 saturated heterocycles. The molecule has 22 heavy (non-hydrogen) atoms. The van der Waals surface area contributed by atoms with Crippen LogP contribution in [0, 0.1) is 12.7 Å². The van der Waals surface area contributed by atoms with Gasteiger partial charge in [-0.15, -0.1) is 0 Å². The number of aryl methyl sites for hydroxylation is 1. The van der Waals surface area contributed by atoms with E-state index in [1.54, 1.807) is 0 Å². The van der Waals surface area contributed by atoms with Crippen molar-refractivity contribution in [2.45, 2.75) is 18.0 Å². The van der Waals surface area contributed by atoms with E-state index in [-0.39, 0.29) is 17.0 Å². The molecule has 1 aromatic carbocycles. The van der Waals surface area contributed by atoms with E-state index in [4.69, 9.17) is 0 Å². The zero-order valence-corrected chi connectivity index (χ0v) is 12.0. The van der Waals surface area contributed by atoms with Gasteiger partial charge in [0.2, 0.25) is 0 Å². The second-order valence-electron chi connectivity index (χ2n) is 4.56. The van der Waals surface area contributed by atoms with Crippen molar-refractivity contribution in [3.63, 3.8) is 0 Å². The molecule has 1 atom stereocenters. The lowest BCUT2D eigenvalue weighted by molar-refractivity contribution is -0.116. The molecule has 0 aromatic heterocycles. The topological polar surface area (TPSA) is 66.5 Å². The average Bonchev–Trinajstić information content (AvgIpc) is 2.67. The van der Waals surface area contributed by atoms with Crippen LogP contribution < -0.4 is 10.2 Å². The van der Waals surface area contributed by atoms with Crippen molar-refractivity contribution in [3.05, 3.63) is 23.5 Å². The number of urea groups is 1. The average molecular weight is 338 g/mol. The monoisotopic (exact) mass is 338 g/mol. The van der Waals surface area contributed by atoms with Gasteiger partial charge in [-0.25, -0.2) is 14.1 Å². The van der Waals surface area contributed by atoms with E-state index in [0.29, 0.717) is 4.90 Å². The van der Waals surface area contributed by atoms with E-state index in [1.165, 1.54) is 6.92 Å². The third kappa shape index (κ3) is 3.26. The molecule has 0 saturated carbocycles. The molecule has 1 aromatic rings. The van der Waals surface area contributed by atoms with Gasteiger partial charge in [-0.2, -0.15) is 13.2 Å². The first kappa shape index (κ1) is 16.4. The number of amides is 3. The van der Waals surface area contributed by atoms with E-state index in [1.807, 2.05) is 0 Å². The molecule has 1 aliphatic rings. The fraction of sp³-hybridized carbons (Fsp3) is 0.333. The minimum absolute atomic E-state index is 0.0379. The summed E-state index contributed by atoms with van der Waals surface area (Å²) in [4.78, 5) is 23.3. The zero-order valence-electron chi connectivity index (χ0n) is 11.2. The Hall–Kier alpha value is -1.97. The highest BCUT2D eigenvalue weighted by Gasteiger charge is 2.35. The number of nitrogens with zero attached hydrogens (tertiary/aromatic N) is 1. The normalized spacial score (nSPS) is 16.9. The fourth-order valence-electron chi connectivity index (χ4n) is 1.95. The quantitative estimate of drug-likeness (QED) is 0.676. The van der Waals surface area contributed by atoms with Gasteiger partial charge in [0.15, 0.2) is 0 Å². The summed E-state index contributed by atoms with van der Waals surface area (Å²) in [6.07, 6.45) is -4.66. The highest BCUT2D eigenvalue weighted by molar-refractivity contribution is 7.85. The van der Waals surface area contributed by atoms with Gasteiger partial charge in [-0.1, -0.05) is 0 Å². The van der Waals surface area contributed by atoms with Gasteiger partial charge >= 0.3 is 12.2 Å². The second kappa shape index (κ2) is 5.67. The van der Waals surface area contributed by atoms with Gasteiger partial charge in [-0.05, 0) is 24.6 Å². The largest absolute Gasteiger partial charge is 0.400 e. The Morgan fingerprint density at radius 1 is 1.32 bits per heavy atom. The van der Waals surface area contributed by atoms with Crippen LogP contribution in [0.5, 0.6) is 0 Å². The van der Waals surface area contributed by atoms with Crippen molar-refractivity contribution in [2.75, 3.05) is 17.2 Å². The number of imide groups is 1. The highest BCUT2D eigenvalue weighted by Crippen LogP contribution is 2.29. The minimum atomic E-state index is -4.66. The van der Waals surface area contributed by atoms with Crippen molar-refractivity contribution in [1.82, 2.24) is 5.32 Å². The first-order valence-electron chi connectivity index (χ1n) is 5.96. The summed E-state index contributed by atoms with van der Waals surface area (Å²) in [7, 11) is -2.47. The van der Waals surface area contributed by atoms with Crippen LogP contribution in [0.25, 0.3) is 0 Å². The number of benzene rings is 1. The van der Waals surface area contributed by atoms with Crippen LogP contribution in [0.1, 0.15) is 5.56 Å². The number of hydrogen-bond acceptors (Lipinski definition) is 3. The molecule has 10 heteroatoms. The van der Waals surface area contributed by atoms with Crippen molar-refractivity contribution in [3.8, 4) is 0 Å². The van der Waals surface area contributed by atoms with Crippen molar-refractivity contribution < 1.29 is 31.4 Å². The second-order valence-corrected chi connectivity index (χ2v) is 5.98. The molecule has 120 valence electrons. The van der Waals surface area contributed by atoms with Gasteiger partial charge in [0.1, 0.15) is 11.6 Å². The maximum absolute atomic E-state index is 13.9. The van der Waals surface area contributed by atoms with E-state index in [0.717, 1.165) is 12.1 Å². The number of anilines is 1. The SMILES string of the molecule is Cc1cc(F)c(N2C(=O)CNC2=O)cc1S(=O)CC(F)(F)F. The molecule has 3 amide bonds. The lowest BCUT2D eigenvalue weighted by Crippen LogP contribution is -2.31. The molecular formula is C12H10F4N2O3S. The smallest absolute Gasteiger partial charge is 0.328 e. The van der Waals surface area contributed by atoms with E-state index >= 15 is 0 Å². The third-order valence-corrected chi connectivity index (χ3v) is 4.39.